The summed E-state index contributed by atoms with van der Waals surface area (Å²) in [5, 5.41) is 9.91. The van der Waals surface area contributed by atoms with Crippen molar-refractivity contribution in [1.82, 2.24) is 4.90 Å². The summed E-state index contributed by atoms with van der Waals surface area (Å²) in [4.78, 5) is 14.1. The molecular formula is C20H25NO3. The third-order valence-electron chi connectivity index (χ3n) is 6.58. The van der Waals surface area contributed by atoms with Gasteiger partial charge in [-0.25, -0.2) is 4.79 Å². The number of esters is 1. The molecule has 2 fully saturated rings. The van der Waals surface area contributed by atoms with Crippen LogP contribution < -0.4 is 0 Å². The van der Waals surface area contributed by atoms with Gasteiger partial charge in [0.1, 0.15) is 11.9 Å². The molecule has 4 heteroatoms. The molecule has 128 valence electrons. The van der Waals surface area contributed by atoms with Gasteiger partial charge in [-0.1, -0.05) is 26.5 Å². The highest BCUT2D eigenvalue weighted by atomic mass is 16.5. The Kier molecular flexibility index (Phi) is 3.50. The smallest absolute Gasteiger partial charge is 0.333 e. The Hall–Kier alpha value is -1.81. The second kappa shape index (κ2) is 5.35. The predicted molar refractivity (Wildman–Crippen MR) is 91.9 cm³/mol. The van der Waals surface area contributed by atoms with Crippen molar-refractivity contribution in [1.29, 1.82) is 0 Å². The first-order valence-corrected chi connectivity index (χ1v) is 8.83. The molecule has 24 heavy (non-hydrogen) atoms. The van der Waals surface area contributed by atoms with Gasteiger partial charge in [0, 0.05) is 24.6 Å². The normalized spacial score (nSPS) is 35.7. The number of hydrogen-bond donors (Lipinski definition) is 1. The van der Waals surface area contributed by atoms with Gasteiger partial charge in [0.15, 0.2) is 0 Å². The number of piperidine rings is 1. The minimum atomic E-state index is -0.237. The summed E-state index contributed by atoms with van der Waals surface area (Å²) in [5.41, 5.74) is 3.35. The SMILES string of the molecule is C=C1C[C@@H](CN2CC[C@]3(C)c4cc(O)ccc4C[C@@H]2[C@@H]3C)OC1=O. The number of phenols is 1. The first-order chi connectivity index (χ1) is 11.4. The van der Waals surface area contributed by atoms with E-state index in [4.69, 9.17) is 4.74 Å². The van der Waals surface area contributed by atoms with Crippen molar-refractivity contribution in [3.63, 3.8) is 0 Å². The topological polar surface area (TPSA) is 49.8 Å². The van der Waals surface area contributed by atoms with E-state index >= 15 is 0 Å². The Morgan fingerprint density at radius 1 is 1.42 bits per heavy atom. The van der Waals surface area contributed by atoms with Gasteiger partial charge >= 0.3 is 5.97 Å². The highest BCUT2D eigenvalue weighted by Gasteiger charge is 2.49. The monoisotopic (exact) mass is 327 g/mol. The molecule has 0 spiro atoms. The van der Waals surface area contributed by atoms with Gasteiger partial charge in [0.25, 0.3) is 0 Å². The van der Waals surface area contributed by atoms with Crippen LogP contribution in [0.2, 0.25) is 0 Å². The second-order valence-electron chi connectivity index (χ2n) is 7.90. The first kappa shape index (κ1) is 15.7. The Labute approximate surface area is 143 Å². The molecule has 1 aliphatic carbocycles. The lowest BCUT2D eigenvalue weighted by atomic mass is 9.59. The van der Waals surface area contributed by atoms with E-state index in [-0.39, 0.29) is 17.5 Å². The van der Waals surface area contributed by atoms with E-state index in [1.54, 1.807) is 6.07 Å². The second-order valence-corrected chi connectivity index (χ2v) is 7.90. The average molecular weight is 327 g/mol. The number of aromatic hydroxyl groups is 1. The fraction of sp³-hybridized carbons (Fsp3) is 0.550. The summed E-state index contributed by atoms with van der Waals surface area (Å²) >= 11 is 0. The van der Waals surface area contributed by atoms with Gasteiger partial charge in [-0.3, -0.25) is 4.90 Å². The molecule has 2 saturated heterocycles. The van der Waals surface area contributed by atoms with Crippen molar-refractivity contribution in [3.05, 3.63) is 41.5 Å². The Morgan fingerprint density at radius 3 is 2.92 bits per heavy atom. The molecule has 2 aliphatic heterocycles. The highest BCUT2D eigenvalue weighted by molar-refractivity contribution is 5.89. The van der Waals surface area contributed by atoms with Crippen molar-refractivity contribution < 1.29 is 14.6 Å². The Bertz CT molecular complexity index is 697. The molecule has 0 aromatic heterocycles. The number of benzene rings is 1. The summed E-state index contributed by atoms with van der Waals surface area (Å²) < 4.78 is 5.45. The minimum absolute atomic E-state index is 0.0530. The number of fused-ring (bicyclic) bond motifs is 4. The van der Waals surface area contributed by atoms with Crippen LogP contribution in [0, 0.1) is 5.92 Å². The zero-order valence-electron chi connectivity index (χ0n) is 14.4. The average Bonchev–Trinajstić information content (AvgIpc) is 2.85. The van der Waals surface area contributed by atoms with Crippen LogP contribution in [0.15, 0.2) is 30.4 Å². The molecular weight excluding hydrogens is 302 g/mol. The van der Waals surface area contributed by atoms with Crippen LogP contribution in [0.4, 0.5) is 0 Å². The molecule has 1 N–H and O–H groups in total. The fourth-order valence-corrected chi connectivity index (χ4v) is 4.92. The zero-order chi connectivity index (χ0) is 17.1. The summed E-state index contributed by atoms with van der Waals surface area (Å²) in [6.07, 6.45) is 2.65. The number of likely N-dealkylation sites (tertiary alicyclic amines) is 1. The van der Waals surface area contributed by atoms with Crippen LogP contribution >= 0.6 is 0 Å². The molecule has 4 rings (SSSR count). The van der Waals surface area contributed by atoms with E-state index < -0.39 is 0 Å². The van der Waals surface area contributed by atoms with Crippen molar-refractivity contribution in [2.75, 3.05) is 13.1 Å². The number of nitrogens with zero attached hydrogens (tertiary/aromatic N) is 1. The molecule has 0 unspecified atom stereocenters. The molecule has 3 aliphatic rings. The van der Waals surface area contributed by atoms with Crippen LogP contribution in [0.1, 0.15) is 37.8 Å². The maximum atomic E-state index is 11.6. The Balaban J connectivity index is 1.60. The highest BCUT2D eigenvalue weighted by Crippen LogP contribution is 2.49. The van der Waals surface area contributed by atoms with Gasteiger partial charge in [-0.2, -0.15) is 0 Å². The number of rotatable bonds is 2. The van der Waals surface area contributed by atoms with Crippen molar-refractivity contribution in [2.45, 2.75) is 50.7 Å². The molecule has 1 aromatic carbocycles. The van der Waals surface area contributed by atoms with E-state index in [0.717, 1.165) is 25.9 Å². The molecule has 0 radical (unpaired) electrons. The predicted octanol–water partition coefficient (Wildman–Crippen LogP) is 2.79. The summed E-state index contributed by atoms with van der Waals surface area (Å²) in [7, 11) is 0. The number of cyclic esters (lactones) is 1. The van der Waals surface area contributed by atoms with Crippen LogP contribution in [-0.4, -0.2) is 41.2 Å². The third-order valence-corrected chi connectivity index (χ3v) is 6.58. The van der Waals surface area contributed by atoms with Gasteiger partial charge in [-0.15, -0.1) is 0 Å². The summed E-state index contributed by atoms with van der Waals surface area (Å²) in [5.74, 6) is 0.625. The number of hydrogen-bond acceptors (Lipinski definition) is 4. The number of phenolic OH excluding ortho intramolecular Hbond substituents is 1. The van der Waals surface area contributed by atoms with Crippen molar-refractivity contribution in [3.8, 4) is 5.75 Å². The zero-order valence-corrected chi connectivity index (χ0v) is 14.4. The van der Waals surface area contributed by atoms with E-state index in [9.17, 15) is 9.90 Å². The van der Waals surface area contributed by atoms with Gasteiger partial charge in [-0.05, 0) is 54.0 Å². The van der Waals surface area contributed by atoms with Gasteiger partial charge in [0.2, 0.25) is 0 Å². The summed E-state index contributed by atoms with van der Waals surface area (Å²) in [6.45, 7) is 10.2. The number of carbonyl (C=O) groups is 1. The van der Waals surface area contributed by atoms with E-state index in [1.165, 1.54) is 11.1 Å². The number of carbonyl (C=O) groups excluding carboxylic acids is 1. The van der Waals surface area contributed by atoms with Crippen LogP contribution in [-0.2, 0) is 21.4 Å². The first-order valence-electron chi connectivity index (χ1n) is 8.83. The Morgan fingerprint density at radius 2 is 2.21 bits per heavy atom. The minimum Gasteiger partial charge on any atom is -0.508 e. The molecule has 2 heterocycles. The van der Waals surface area contributed by atoms with Gasteiger partial charge in [0.05, 0.1) is 0 Å². The number of ether oxygens (including phenoxy) is 1. The van der Waals surface area contributed by atoms with Crippen molar-refractivity contribution >= 4 is 5.97 Å². The standard InChI is InChI=1S/C20H25NO3/c1-12-8-16(24-19(12)23)11-21-7-6-20(3)13(2)18(21)9-14-4-5-15(22)10-17(14)20/h4-5,10,13,16,18,22H,1,6-9,11H2,2-3H3/t13-,16-,18+,20-/m0/s1. The maximum Gasteiger partial charge on any atom is 0.333 e. The molecule has 4 nitrogen and oxygen atoms in total. The van der Waals surface area contributed by atoms with Crippen LogP contribution in [0.5, 0.6) is 5.75 Å². The quantitative estimate of drug-likeness (QED) is 0.670. The third kappa shape index (κ3) is 2.27. The molecule has 1 aromatic rings. The molecule has 0 amide bonds. The largest absolute Gasteiger partial charge is 0.508 e. The lowest BCUT2D eigenvalue weighted by molar-refractivity contribution is -0.140. The molecule has 0 saturated carbocycles. The van der Waals surface area contributed by atoms with Crippen molar-refractivity contribution in [2.24, 2.45) is 5.92 Å². The molecule has 2 bridgehead atoms. The lowest BCUT2D eigenvalue weighted by Gasteiger charge is -2.55. The fourth-order valence-electron chi connectivity index (χ4n) is 4.92. The molecule has 4 atom stereocenters. The maximum absolute atomic E-state index is 11.6. The van der Waals surface area contributed by atoms with Gasteiger partial charge < -0.3 is 9.84 Å². The van der Waals surface area contributed by atoms with Crippen LogP contribution in [0.25, 0.3) is 0 Å². The summed E-state index contributed by atoms with van der Waals surface area (Å²) in [6, 6.07) is 6.28. The van der Waals surface area contributed by atoms with E-state index in [2.05, 4.69) is 31.4 Å². The van der Waals surface area contributed by atoms with E-state index in [1.807, 2.05) is 6.07 Å². The van der Waals surface area contributed by atoms with E-state index in [0.29, 0.717) is 29.7 Å². The lowest BCUT2D eigenvalue weighted by Crippen LogP contribution is -2.59. The van der Waals surface area contributed by atoms with Crippen LogP contribution in [0.3, 0.4) is 0 Å².